The summed E-state index contributed by atoms with van der Waals surface area (Å²) in [6, 6.07) is 0. The quantitative estimate of drug-likeness (QED) is 0.668. The molecule has 0 aromatic carbocycles. The van der Waals surface area contributed by atoms with Crippen molar-refractivity contribution in [1.29, 1.82) is 0 Å². The molecule has 19 heavy (non-hydrogen) atoms. The van der Waals surface area contributed by atoms with Gasteiger partial charge in [-0.05, 0) is 31.8 Å². The average Bonchev–Trinajstić information content (AvgIpc) is 2.37. The lowest BCUT2D eigenvalue weighted by Crippen LogP contribution is -2.75. The Morgan fingerprint density at radius 2 is 2.16 bits per heavy atom. The summed E-state index contributed by atoms with van der Waals surface area (Å²) < 4.78 is 5.63. The van der Waals surface area contributed by atoms with E-state index in [0.29, 0.717) is 19.6 Å². The lowest BCUT2D eigenvalue weighted by Gasteiger charge is -2.57. The summed E-state index contributed by atoms with van der Waals surface area (Å²) in [7, 11) is 0. The molecule has 2 unspecified atom stereocenters. The summed E-state index contributed by atoms with van der Waals surface area (Å²) >= 11 is 1.83. The molecule has 0 saturated heterocycles. The van der Waals surface area contributed by atoms with Gasteiger partial charge in [-0.25, -0.2) is 0 Å². The third-order valence-corrected chi connectivity index (χ3v) is 4.99. The Hall–Kier alpha value is -0.260. The van der Waals surface area contributed by atoms with Crippen molar-refractivity contribution in [3.05, 3.63) is 0 Å². The first-order valence-corrected chi connectivity index (χ1v) is 8.47. The summed E-state index contributed by atoms with van der Waals surface area (Å²) in [6.07, 6.45) is 4.94. The molecule has 1 aliphatic rings. The number of hydrogen-bond donors (Lipinski definition) is 2. The molecule has 0 bridgehead atoms. The van der Waals surface area contributed by atoms with Gasteiger partial charge in [0.2, 0.25) is 5.91 Å². The highest BCUT2D eigenvalue weighted by molar-refractivity contribution is 7.98. The smallest absolute Gasteiger partial charge is 0.240 e. The maximum Gasteiger partial charge on any atom is 0.240 e. The number of hydrogen-bond acceptors (Lipinski definition) is 4. The Morgan fingerprint density at radius 3 is 2.68 bits per heavy atom. The highest BCUT2D eigenvalue weighted by Crippen LogP contribution is 2.49. The molecule has 1 saturated carbocycles. The number of nitrogens with one attached hydrogen (secondary N) is 1. The predicted octanol–water partition coefficient (Wildman–Crippen LogP) is 1.78. The number of nitrogens with two attached hydrogens (primary N) is 1. The molecular formula is C14H28N2O2S. The van der Waals surface area contributed by atoms with Crippen molar-refractivity contribution in [3.63, 3.8) is 0 Å². The minimum atomic E-state index is -0.785. The third kappa shape index (κ3) is 3.44. The van der Waals surface area contributed by atoms with Crippen molar-refractivity contribution in [3.8, 4) is 0 Å². The first kappa shape index (κ1) is 16.8. The molecule has 1 fully saturated rings. The fourth-order valence-corrected chi connectivity index (χ4v) is 3.04. The lowest BCUT2D eigenvalue weighted by molar-refractivity contribution is -0.170. The molecule has 0 aromatic heterocycles. The van der Waals surface area contributed by atoms with Crippen LogP contribution in [-0.2, 0) is 9.53 Å². The molecule has 4 nitrogen and oxygen atoms in total. The summed E-state index contributed by atoms with van der Waals surface area (Å²) in [6.45, 7) is 7.39. The molecule has 0 heterocycles. The maximum absolute atomic E-state index is 12.2. The minimum Gasteiger partial charge on any atom is -0.378 e. The van der Waals surface area contributed by atoms with Gasteiger partial charge in [0.15, 0.2) is 0 Å². The van der Waals surface area contributed by atoms with Crippen LogP contribution in [0.15, 0.2) is 0 Å². The van der Waals surface area contributed by atoms with Crippen molar-refractivity contribution < 1.29 is 9.53 Å². The monoisotopic (exact) mass is 288 g/mol. The summed E-state index contributed by atoms with van der Waals surface area (Å²) in [5.41, 5.74) is 5.20. The van der Waals surface area contributed by atoms with E-state index in [1.165, 1.54) is 0 Å². The Morgan fingerprint density at radius 1 is 1.47 bits per heavy atom. The third-order valence-electron chi connectivity index (χ3n) is 4.30. The highest BCUT2D eigenvalue weighted by atomic mass is 32.2. The van der Waals surface area contributed by atoms with Crippen LogP contribution in [0.1, 0.15) is 40.0 Å². The van der Waals surface area contributed by atoms with Crippen LogP contribution >= 0.6 is 11.8 Å². The van der Waals surface area contributed by atoms with Gasteiger partial charge in [0.25, 0.3) is 0 Å². The zero-order chi connectivity index (χ0) is 14.5. The van der Waals surface area contributed by atoms with E-state index in [9.17, 15) is 4.79 Å². The van der Waals surface area contributed by atoms with Gasteiger partial charge in [-0.15, -0.1) is 0 Å². The lowest BCUT2D eigenvalue weighted by atomic mass is 9.54. The van der Waals surface area contributed by atoms with Crippen LogP contribution in [0.25, 0.3) is 0 Å². The van der Waals surface area contributed by atoms with Gasteiger partial charge < -0.3 is 15.8 Å². The van der Waals surface area contributed by atoms with Crippen LogP contribution in [0, 0.1) is 5.41 Å². The van der Waals surface area contributed by atoms with Crippen LogP contribution in [0.5, 0.6) is 0 Å². The second-order valence-corrected chi connectivity index (χ2v) is 6.78. The second kappa shape index (κ2) is 6.95. The van der Waals surface area contributed by atoms with Gasteiger partial charge in [-0.1, -0.05) is 13.8 Å². The number of amides is 1. The largest absolute Gasteiger partial charge is 0.378 e. The van der Waals surface area contributed by atoms with Crippen molar-refractivity contribution in [2.45, 2.75) is 51.7 Å². The topological polar surface area (TPSA) is 64.3 Å². The van der Waals surface area contributed by atoms with Gasteiger partial charge in [-0.2, -0.15) is 11.8 Å². The first-order valence-electron chi connectivity index (χ1n) is 7.08. The standard InChI is InChI=1S/C14H28N2O2S/c1-5-18-11-10-14(15,13(11,2)3)12(17)16-8-6-7-9-19-4/h11H,5-10,15H2,1-4H3,(H,16,17). The molecule has 1 amide bonds. The molecule has 3 N–H and O–H groups in total. The molecule has 1 aliphatic carbocycles. The van der Waals surface area contributed by atoms with Gasteiger partial charge in [0.1, 0.15) is 5.54 Å². The zero-order valence-corrected chi connectivity index (χ0v) is 13.4. The number of thioether (sulfide) groups is 1. The van der Waals surface area contributed by atoms with E-state index in [2.05, 4.69) is 11.6 Å². The van der Waals surface area contributed by atoms with Crippen molar-refractivity contribution >= 4 is 17.7 Å². The average molecular weight is 288 g/mol. The van der Waals surface area contributed by atoms with E-state index in [4.69, 9.17) is 10.5 Å². The predicted molar refractivity (Wildman–Crippen MR) is 81.4 cm³/mol. The first-order chi connectivity index (χ1) is 8.90. The van der Waals surface area contributed by atoms with E-state index in [0.717, 1.165) is 18.6 Å². The molecule has 5 heteroatoms. The Bertz CT molecular complexity index is 310. The molecule has 2 atom stereocenters. The number of carbonyl (C=O) groups is 1. The molecular weight excluding hydrogens is 260 g/mol. The van der Waals surface area contributed by atoms with Gasteiger partial charge >= 0.3 is 0 Å². The molecule has 0 aliphatic heterocycles. The van der Waals surface area contributed by atoms with Crippen LogP contribution in [0.2, 0.25) is 0 Å². The Kier molecular flexibility index (Phi) is 6.15. The van der Waals surface area contributed by atoms with Crippen molar-refractivity contribution in [1.82, 2.24) is 5.32 Å². The molecule has 0 radical (unpaired) electrons. The van der Waals surface area contributed by atoms with Crippen LogP contribution in [0.3, 0.4) is 0 Å². The number of carbonyl (C=O) groups excluding carboxylic acids is 1. The van der Waals surface area contributed by atoms with E-state index >= 15 is 0 Å². The van der Waals surface area contributed by atoms with Gasteiger partial charge in [-0.3, -0.25) is 4.79 Å². The normalized spacial score (nSPS) is 28.8. The Labute approximate surface area is 121 Å². The van der Waals surface area contributed by atoms with Crippen LogP contribution in [-0.4, -0.2) is 42.7 Å². The van der Waals surface area contributed by atoms with Crippen molar-refractivity contribution in [2.75, 3.05) is 25.2 Å². The fourth-order valence-electron chi connectivity index (χ4n) is 2.55. The van der Waals surface area contributed by atoms with Gasteiger partial charge in [0, 0.05) is 25.0 Å². The van der Waals surface area contributed by atoms with E-state index < -0.39 is 5.54 Å². The molecule has 0 spiro atoms. The maximum atomic E-state index is 12.2. The summed E-state index contributed by atoms with van der Waals surface area (Å²) in [5, 5.41) is 2.97. The van der Waals surface area contributed by atoms with E-state index in [1.54, 1.807) is 0 Å². The SMILES string of the molecule is CCOC1CC(N)(C(=O)NCCCCSC)C1(C)C. The van der Waals surface area contributed by atoms with Crippen LogP contribution < -0.4 is 11.1 Å². The number of rotatable bonds is 8. The molecule has 0 aromatic rings. The number of ether oxygens (including phenoxy) is 1. The molecule has 112 valence electrons. The van der Waals surface area contributed by atoms with Crippen molar-refractivity contribution in [2.24, 2.45) is 11.1 Å². The highest BCUT2D eigenvalue weighted by Gasteiger charge is 2.62. The zero-order valence-electron chi connectivity index (χ0n) is 12.6. The minimum absolute atomic E-state index is 0.0300. The van der Waals surface area contributed by atoms with E-state index in [-0.39, 0.29) is 17.4 Å². The summed E-state index contributed by atoms with van der Waals surface area (Å²) in [4.78, 5) is 12.2. The summed E-state index contributed by atoms with van der Waals surface area (Å²) in [5.74, 6) is 1.11. The Balaban J connectivity index is 2.40. The molecule has 1 rings (SSSR count). The second-order valence-electron chi connectivity index (χ2n) is 5.80. The van der Waals surface area contributed by atoms with Crippen LogP contribution in [0.4, 0.5) is 0 Å². The van der Waals surface area contributed by atoms with Gasteiger partial charge in [0.05, 0.1) is 6.10 Å². The number of unbranched alkanes of at least 4 members (excludes halogenated alkanes) is 1. The fraction of sp³-hybridized carbons (Fsp3) is 0.929. The van der Waals surface area contributed by atoms with E-state index in [1.807, 2.05) is 32.5 Å².